The fourth-order valence-electron chi connectivity index (χ4n) is 4.14. The highest BCUT2D eigenvalue weighted by atomic mass is 32.2. The lowest BCUT2D eigenvalue weighted by atomic mass is 10.00. The number of rotatable bonds is 4. The first-order valence-corrected chi connectivity index (χ1v) is 11.7. The first-order valence-electron chi connectivity index (χ1n) is 10.2. The van der Waals surface area contributed by atoms with Gasteiger partial charge in [-0.2, -0.15) is 4.31 Å². The lowest BCUT2D eigenvalue weighted by Crippen LogP contribution is -2.44. The maximum atomic E-state index is 12.8. The molecule has 28 heavy (non-hydrogen) atoms. The van der Waals surface area contributed by atoms with Crippen molar-refractivity contribution >= 4 is 15.9 Å². The molecule has 1 atom stereocenters. The molecule has 1 saturated carbocycles. The van der Waals surface area contributed by atoms with Gasteiger partial charge in [-0.3, -0.25) is 9.59 Å². The second-order valence-corrected chi connectivity index (χ2v) is 10.9. The van der Waals surface area contributed by atoms with Gasteiger partial charge >= 0.3 is 0 Å². The van der Waals surface area contributed by atoms with Crippen LogP contribution in [0.4, 0.5) is 0 Å². The van der Waals surface area contributed by atoms with Gasteiger partial charge in [-0.05, 0) is 46.0 Å². The number of sulfonamides is 1. The number of amides is 1. The van der Waals surface area contributed by atoms with Crippen LogP contribution < -0.4 is 5.56 Å². The molecule has 8 nitrogen and oxygen atoms in total. The molecule has 9 heteroatoms. The normalized spacial score (nSPS) is 23.7. The number of carbonyl (C=O) groups is 1. The van der Waals surface area contributed by atoms with Crippen LogP contribution in [0.25, 0.3) is 0 Å². The molecule has 0 bridgehead atoms. The summed E-state index contributed by atoms with van der Waals surface area (Å²) in [6.45, 7) is 4.39. The number of aromatic nitrogens is 2. The van der Waals surface area contributed by atoms with Gasteiger partial charge in [0.15, 0.2) is 0 Å². The molecule has 2 fully saturated rings. The minimum absolute atomic E-state index is 0.0633. The summed E-state index contributed by atoms with van der Waals surface area (Å²) in [5.41, 5.74) is 0.807. The molecule has 0 spiro atoms. The van der Waals surface area contributed by atoms with Crippen molar-refractivity contribution in [2.75, 3.05) is 13.1 Å². The van der Waals surface area contributed by atoms with Gasteiger partial charge < -0.3 is 9.88 Å². The van der Waals surface area contributed by atoms with E-state index < -0.39 is 15.3 Å². The Bertz CT molecular complexity index is 936. The SMILES string of the molecule is CC(C)S(=O)(=O)N1CCc2nc(C3CCCCN3C(=O)C3CC3)[nH]c(=O)c2C1. The first-order chi connectivity index (χ1) is 13.3. The summed E-state index contributed by atoms with van der Waals surface area (Å²) in [5.74, 6) is 0.872. The zero-order valence-corrected chi connectivity index (χ0v) is 17.3. The van der Waals surface area contributed by atoms with Gasteiger partial charge in [-0.25, -0.2) is 13.4 Å². The third-order valence-corrected chi connectivity index (χ3v) is 8.26. The maximum absolute atomic E-state index is 12.8. The third-order valence-electron chi connectivity index (χ3n) is 6.04. The van der Waals surface area contributed by atoms with Gasteiger partial charge in [0.05, 0.1) is 22.5 Å². The third kappa shape index (κ3) is 3.50. The Labute approximate surface area is 165 Å². The summed E-state index contributed by atoms with van der Waals surface area (Å²) in [5, 5.41) is -0.524. The number of nitrogens with zero attached hydrogens (tertiary/aromatic N) is 3. The minimum atomic E-state index is -3.41. The molecule has 1 unspecified atom stereocenters. The number of likely N-dealkylation sites (tertiary alicyclic amines) is 1. The number of carbonyl (C=O) groups excluding carboxylic acids is 1. The summed E-state index contributed by atoms with van der Waals surface area (Å²) in [6, 6.07) is -0.183. The van der Waals surface area contributed by atoms with Crippen molar-refractivity contribution in [3.63, 3.8) is 0 Å². The average molecular weight is 409 g/mol. The molecule has 1 amide bonds. The van der Waals surface area contributed by atoms with E-state index in [1.807, 2.05) is 4.90 Å². The number of hydrogen-bond acceptors (Lipinski definition) is 5. The van der Waals surface area contributed by atoms with E-state index in [1.165, 1.54) is 4.31 Å². The Hall–Kier alpha value is -1.74. The van der Waals surface area contributed by atoms with E-state index in [9.17, 15) is 18.0 Å². The van der Waals surface area contributed by atoms with Gasteiger partial charge in [0.1, 0.15) is 5.82 Å². The zero-order chi connectivity index (χ0) is 20.1. The fourth-order valence-corrected chi connectivity index (χ4v) is 5.39. The van der Waals surface area contributed by atoms with Crippen molar-refractivity contribution in [3.05, 3.63) is 27.4 Å². The van der Waals surface area contributed by atoms with Crippen molar-refractivity contribution in [2.24, 2.45) is 5.92 Å². The first kappa shape index (κ1) is 19.6. The van der Waals surface area contributed by atoms with Gasteiger partial charge in [-0.1, -0.05) is 0 Å². The lowest BCUT2D eigenvalue weighted by molar-refractivity contribution is -0.136. The number of H-pyrrole nitrogens is 1. The highest BCUT2D eigenvalue weighted by Crippen LogP contribution is 2.37. The number of hydrogen-bond donors (Lipinski definition) is 1. The van der Waals surface area contributed by atoms with Crippen molar-refractivity contribution < 1.29 is 13.2 Å². The summed E-state index contributed by atoms with van der Waals surface area (Å²) >= 11 is 0. The van der Waals surface area contributed by atoms with Crippen molar-refractivity contribution in [3.8, 4) is 0 Å². The van der Waals surface area contributed by atoms with Crippen LogP contribution in [0.2, 0.25) is 0 Å². The summed E-state index contributed by atoms with van der Waals surface area (Å²) in [6.07, 6.45) is 5.11. The van der Waals surface area contributed by atoms with Crippen LogP contribution in [0.3, 0.4) is 0 Å². The predicted octanol–water partition coefficient (Wildman–Crippen LogP) is 1.33. The number of nitrogens with one attached hydrogen (secondary N) is 1. The molecular formula is C19H28N4O4S. The van der Waals surface area contributed by atoms with Crippen LogP contribution in [0, 0.1) is 5.92 Å². The molecule has 1 N–H and O–H groups in total. The van der Waals surface area contributed by atoms with Crippen molar-refractivity contribution in [2.45, 2.75) is 70.2 Å². The number of piperidine rings is 1. The van der Waals surface area contributed by atoms with Crippen molar-refractivity contribution in [1.82, 2.24) is 19.2 Å². The molecule has 154 valence electrons. The molecule has 0 aromatic carbocycles. The molecule has 2 aliphatic heterocycles. The number of fused-ring (bicyclic) bond motifs is 1. The highest BCUT2D eigenvalue weighted by Gasteiger charge is 2.39. The van der Waals surface area contributed by atoms with E-state index in [0.717, 1.165) is 32.1 Å². The van der Waals surface area contributed by atoms with Gasteiger partial charge in [0.25, 0.3) is 5.56 Å². The average Bonchev–Trinajstić information content (AvgIpc) is 3.52. The predicted molar refractivity (Wildman–Crippen MR) is 104 cm³/mol. The monoisotopic (exact) mass is 408 g/mol. The molecule has 4 rings (SSSR count). The number of aromatic amines is 1. The van der Waals surface area contributed by atoms with Crippen LogP contribution in [0.15, 0.2) is 4.79 Å². The molecule has 3 heterocycles. The molecule has 1 saturated heterocycles. The Morgan fingerprint density at radius 3 is 2.61 bits per heavy atom. The Balaban J connectivity index is 1.62. The molecule has 1 aromatic rings. The largest absolute Gasteiger partial charge is 0.332 e. The second kappa shape index (κ2) is 7.26. The molecule has 1 aliphatic carbocycles. The standard InChI is InChI=1S/C19H28N4O4S/c1-12(2)28(26,27)22-10-8-15-14(11-22)18(24)21-17(20-15)16-5-3-4-9-23(16)19(25)13-6-7-13/h12-13,16H,3-11H2,1-2H3,(H,20,21,24). The van der Waals surface area contributed by atoms with Crippen LogP contribution in [0.5, 0.6) is 0 Å². The summed E-state index contributed by atoms with van der Waals surface area (Å²) < 4.78 is 26.3. The minimum Gasteiger partial charge on any atom is -0.332 e. The maximum Gasteiger partial charge on any atom is 0.255 e. The quantitative estimate of drug-likeness (QED) is 0.809. The zero-order valence-electron chi connectivity index (χ0n) is 16.5. The Morgan fingerprint density at radius 1 is 1.18 bits per heavy atom. The molecular weight excluding hydrogens is 380 g/mol. The van der Waals surface area contributed by atoms with Crippen molar-refractivity contribution in [1.29, 1.82) is 0 Å². The van der Waals surface area contributed by atoms with E-state index in [-0.39, 0.29) is 30.0 Å². The summed E-state index contributed by atoms with van der Waals surface area (Å²) in [4.78, 5) is 34.9. The van der Waals surface area contributed by atoms with E-state index in [4.69, 9.17) is 4.98 Å². The van der Waals surface area contributed by atoms with Gasteiger partial charge in [0, 0.05) is 32.0 Å². The smallest absolute Gasteiger partial charge is 0.255 e. The second-order valence-electron chi connectivity index (χ2n) is 8.37. The lowest BCUT2D eigenvalue weighted by Gasteiger charge is -2.36. The Kier molecular flexibility index (Phi) is 5.07. The topological polar surface area (TPSA) is 103 Å². The van der Waals surface area contributed by atoms with Gasteiger partial charge in [-0.15, -0.1) is 0 Å². The molecule has 3 aliphatic rings. The van der Waals surface area contributed by atoms with E-state index >= 15 is 0 Å². The molecule has 0 radical (unpaired) electrons. The van der Waals surface area contributed by atoms with Crippen LogP contribution in [-0.2, 0) is 27.8 Å². The van der Waals surface area contributed by atoms with E-state index in [1.54, 1.807) is 13.8 Å². The fraction of sp³-hybridized carbons (Fsp3) is 0.737. The van der Waals surface area contributed by atoms with Crippen LogP contribution >= 0.6 is 0 Å². The Morgan fingerprint density at radius 2 is 1.93 bits per heavy atom. The van der Waals surface area contributed by atoms with Crippen LogP contribution in [0.1, 0.15) is 69.1 Å². The van der Waals surface area contributed by atoms with E-state index in [2.05, 4.69) is 4.98 Å². The van der Waals surface area contributed by atoms with Gasteiger partial charge in [0.2, 0.25) is 15.9 Å². The van der Waals surface area contributed by atoms with Crippen LogP contribution in [-0.4, -0.2) is 51.8 Å². The van der Waals surface area contributed by atoms with E-state index in [0.29, 0.717) is 36.6 Å². The summed E-state index contributed by atoms with van der Waals surface area (Å²) in [7, 11) is -3.41. The highest BCUT2D eigenvalue weighted by molar-refractivity contribution is 7.89. The molecule has 1 aromatic heterocycles.